The van der Waals surface area contributed by atoms with Gasteiger partial charge in [-0.2, -0.15) is 13.2 Å². The molecule has 33 heavy (non-hydrogen) atoms. The molecule has 1 heterocycles. The van der Waals surface area contributed by atoms with Gasteiger partial charge in [0.05, 0.1) is 35.4 Å². The second-order valence-corrected chi connectivity index (χ2v) is 8.74. The minimum atomic E-state index is -4.73. The number of anilines is 2. The number of nitrogens with zero attached hydrogens (tertiary/aromatic N) is 1. The van der Waals surface area contributed by atoms with E-state index in [4.69, 9.17) is 4.74 Å². The summed E-state index contributed by atoms with van der Waals surface area (Å²) in [5, 5.41) is 7.86. The first kappa shape index (κ1) is 24.3. The Labute approximate surface area is 187 Å². The van der Waals surface area contributed by atoms with Crippen LogP contribution in [0.15, 0.2) is 36.5 Å². The Hall–Kier alpha value is -3.37. The van der Waals surface area contributed by atoms with E-state index in [9.17, 15) is 27.2 Å². The first-order chi connectivity index (χ1) is 15.3. The van der Waals surface area contributed by atoms with E-state index in [0.29, 0.717) is 24.6 Å². The van der Waals surface area contributed by atoms with Crippen LogP contribution >= 0.6 is 0 Å². The summed E-state index contributed by atoms with van der Waals surface area (Å²) in [6.07, 6.45) is -3.14. The summed E-state index contributed by atoms with van der Waals surface area (Å²) >= 11 is 0. The number of carbonyl (C=O) groups excluding carboxylic acids is 2. The molecule has 11 heteroatoms. The lowest BCUT2D eigenvalue weighted by atomic mass is 10.1. The maximum Gasteiger partial charge on any atom is 0.418 e. The van der Waals surface area contributed by atoms with Gasteiger partial charge in [0.2, 0.25) is 5.91 Å². The Morgan fingerprint density at radius 3 is 2.36 bits per heavy atom. The molecule has 0 aliphatic heterocycles. The van der Waals surface area contributed by atoms with Gasteiger partial charge >= 0.3 is 12.3 Å². The van der Waals surface area contributed by atoms with Crippen molar-refractivity contribution in [3.63, 3.8) is 0 Å². The highest BCUT2D eigenvalue weighted by Crippen LogP contribution is 2.37. The van der Waals surface area contributed by atoms with E-state index in [2.05, 4.69) is 20.9 Å². The number of alkyl carbamates (subject to hydrolysis) is 1. The molecule has 1 aromatic heterocycles. The van der Waals surface area contributed by atoms with Crippen LogP contribution in [-0.4, -0.2) is 28.1 Å². The van der Waals surface area contributed by atoms with Crippen LogP contribution in [0.3, 0.4) is 0 Å². The molecule has 0 unspecified atom stereocenters. The molecular formula is C22H24F4N4O3. The Bertz CT molecular complexity index is 1030. The average Bonchev–Trinajstić information content (AvgIpc) is 3.46. The molecule has 2 amide bonds. The topological polar surface area (TPSA) is 92.3 Å². The van der Waals surface area contributed by atoms with Crippen molar-refractivity contribution >= 4 is 23.4 Å². The third-order valence-corrected chi connectivity index (χ3v) is 4.75. The fourth-order valence-electron chi connectivity index (χ4n) is 2.99. The maximum atomic E-state index is 13.2. The zero-order valence-electron chi connectivity index (χ0n) is 18.3. The van der Waals surface area contributed by atoms with E-state index < -0.39 is 34.8 Å². The van der Waals surface area contributed by atoms with Gasteiger partial charge < -0.3 is 20.7 Å². The summed E-state index contributed by atoms with van der Waals surface area (Å²) in [5.74, 6) is -1.37. The lowest BCUT2D eigenvalue weighted by Gasteiger charge is -2.23. The average molecular weight is 468 g/mol. The van der Waals surface area contributed by atoms with Gasteiger partial charge in [-0.1, -0.05) is 0 Å². The smallest absolute Gasteiger partial charge is 0.418 e. The second kappa shape index (κ2) is 8.87. The predicted molar refractivity (Wildman–Crippen MR) is 112 cm³/mol. The lowest BCUT2D eigenvalue weighted by Crippen LogP contribution is -2.50. The first-order valence-corrected chi connectivity index (χ1v) is 10.2. The van der Waals surface area contributed by atoms with Crippen molar-refractivity contribution in [3.8, 4) is 0 Å². The fraction of sp³-hybridized carbons (Fsp3) is 0.409. The van der Waals surface area contributed by atoms with E-state index in [1.54, 1.807) is 20.8 Å². The van der Waals surface area contributed by atoms with Crippen LogP contribution in [0, 0.1) is 5.82 Å². The van der Waals surface area contributed by atoms with Crippen LogP contribution in [-0.2, 0) is 22.3 Å². The highest BCUT2D eigenvalue weighted by molar-refractivity contribution is 5.92. The number of carbonyl (C=O) groups is 2. The zero-order chi connectivity index (χ0) is 24.4. The fourth-order valence-corrected chi connectivity index (χ4v) is 2.99. The van der Waals surface area contributed by atoms with Gasteiger partial charge in [-0.05, 0) is 63.9 Å². The van der Waals surface area contributed by atoms with Crippen molar-refractivity contribution in [1.29, 1.82) is 0 Å². The molecule has 1 aliphatic carbocycles. The molecule has 0 spiro atoms. The van der Waals surface area contributed by atoms with Crippen molar-refractivity contribution in [2.75, 3.05) is 5.32 Å². The number of pyridine rings is 1. The number of rotatable bonds is 6. The molecule has 3 N–H and O–H groups in total. The maximum absolute atomic E-state index is 13.2. The number of benzene rings is 1. The van der Waals surface area contributed by atoms with Crippen molar-refractivity contribution in [3.05, 3.63) is 53.6 Å². The molecule has 7 nitrogen and oxygen atoms in total. The van der Waals surface area contributed by atoms with Crippen LogP contribution in [0.25, 0.3) is 0 Å². The number of amides is 2. The molecule has 1 fully saturated rings. The molecule has 0 atom stereocenters. The standard InChI is InChI=1S/C22H24F4N4O3/c1-20(2,3)33-19(32)30-21(8-9-21)18(31)28-11-14-5-6-15(12-27-14)29-17-7-4-13(23)10-16(17)22(24,25)26/h4-7,10,12,29H,8-9,11H2,1-3H3,(H,28,31)(H,30,32). The lowest BCUT2D eigenvalue weighted by molar-refractivity contribution is -0.137. The number of ether oxygens (including phenoxy) is 1. The van der Waals surface area contributed by atoms with Gasteiger partial charge in [0, 0.05) is 0 Å². The van der Waals surface area contributed by atoms with Gasteiger partial charge in [-0.25, -0.2) is 9.18 Å². The normalized spacial score (nSPS) is 14.9. The van der Waals surface area contributed by atoms with Gasteiger partial charge in [0.25, 0.3) is 0 Å². The van der Waals surface area contributed by atoms with Gasteiger partial charge in [0.15, 0.2) is 0 Å². The van der Waals surface area contributed by atoms with E-state index in [-0.39, 0.29) is 23.8 Å². The molecule has 3 rings (SSSR count). The van der Waals surface area contributed by atoms with E-state index in [1.165, 1.54) is 18.3 Å². The van der Waals surface area contributed by atoms with Crippen molar-refractivity contribution in [1.82, 2.24) is 15.6 Å². The third-order valence-electron chi connectivity index (χ3n) is 4.75. The minimum Gasteiger partial charge on any atom is -0.444 e. The van der Waals surface area contributed by atoms with Crippen molar-refractivity contribution in [2.45, 2.75) is 57.5 Å². The SMILES string of the molecule is CC(C)(C)OC(=O)NC1(C(=O)NCc2ccc(Nc3ccc(F)cc3C(F)(F)F)cn2)CC1. The molecule has 178 valence electrons. The highest BCUT2D eigenvalue weighted by Gasteiger charge is 2.51. The predicted octanol–water partition coefficient (Wildman–Crippen LogP) is 4.66. The molecular weight excluding hydrogens is 444 g/mol. The van der Waals surface area contributed by atoms with Crippen LogP contribution in [0.2, 0.25) is 0 Å². The van der Waals surface area contributed by atoms with Crippen LogP contribution < -0.4 is 16.0 Å². The van der Waals surface area contributed by atoms with E-state index in [1.807, 2.05) is 0 Å². The molecule has 0 bridgehead atoms. The number of halogens is 4. The summed E-state index contributed by atoms with van der Waals surface area (Å²) in [6.45, 7) is 5.21. The van der Waals surface area contributed by atoms with Crippen molar-refractivity contribution in [2.24, 2.45) is 0 Å². The third kappa shape index (κ3) is 6.56. The number of nitrogens with one attached hydrogen (secondary N) is 3. The molecule has 0 radical (unpaired) electrons. The summed E-state index contributed by atoms with van der Waals surface area (Å²) in [6, 6.07) is 5.36. The quantitative estimate of drug-likeness (QED) is 0.537. The monoisotopic (exact) mass is 468 g/mol. The summed E-state index contributed by atoms with van der Waals surface area (Å²) < 4.78 is 57.8. The van der Waals surface area contributed by atoms with E-state index in [0.717, 1.165) is 12.1 Å². The van der Waals surface area contributed by atoms with Gasteiger partial charge in [-0.15, -0.1) is 0 Å². The van der Waals surface area contributed by atoms with Gasteiger partial charge in [0.1, 0.15) is 17.0 Å². The van der Waals surface area contributed by atoms with Crippen LogP contribution in [0.1, 0.15) is 44.9 Å². The molecule has 0 saturated heterocycles. The minimum absolute atomic E-state index is 0.0568. The number of hydrogen-bond donors (Lipinski definition) is 3. The van der Waals surface area contributed by atoms with Gasteiger partial charge in [-0.3, -0.25) is 9.78 Å². The Morgan fingerprint density at radius 2 is 1.82 bits per heavy atom. The summed E-state index contributed by atoms with van der Waals surface area (Å²) in [4.78, 5) is 28.6. The Morgan fingerprint density at radius 1 is 1.12 bits per heavy atom. The summed E-state index contributed by atoms with van der Waals surface area (Å²) in [7, 11) is 0. The Balaban J connectivity index is 1.58. The zero-order valence-corrected chi connectivity index (χ0v) is 18.3. The molecule has 1 aliphatic rings. The van der Waals surface area contributed by atoms with E-state index >= 15 is 0 Å². The Kier molecular flexibility index (Phi) is 6.53. The molecule has 1 aromatic carbocycles. The number of hydrogen-bond acceptors (Lipinski definition) is 5. The second-order valence-electron chi connectivity index (χ2n) is 8.74. The first-order valence-electron chi connectivity index (χ1n) is 10.2. The van der Waals surface area contributed by atoms with Crippen LogP contribution in [0.5, 0.6) is 0 Å². The largest absolute Gasteiger partial charge is 0.444 e. The summed E-state index contributed by atoms with van der Waals surface area (Å²) in [5.41, 5.74) is -2.43. The van der Waals surface area contributed by atoms with Crippen LogP contribution in [0.4, 0.5) is 33.7 Å². The molecule has 1 saturated carbocycles. The number of alkyl halides is 3. The molecule has 2 aromatic rings. The number of aromatic nitrogens is 1. The highest BCUT2D eigenvalue weighted by atomic mass is 19.4. The van der Waals surface area contributed by atoms with Crippen molar-refractivity contribution < 1.29 is 31.9 Å².